The molecule has 2 aromatic heterocycles. The number of carbonyl (C=O) groups excluding carboxylic acids is 1. The Morgan fingerprint density at radius 3 is 2.72 bits per heavy atom. The minimum atomic E-state index is 0.203. The van der Waals surface area contributed by atoms with E-state index in [0.29, 0.717) is 30.2 Å². The summed E-state index contributed by atoms with van der Waals surface area (Å²) in [5.74, 6) is 1.21. The van der Waals surface area contributed by atoms with Gasteiger partial charge in [-0.3, -0.25) is 9.89 Å². The first kappa shape index (κ1) is 28.9. The second-order valence-electron chi connectivity index (χ2n) is 8.38. The van der Waals surface area contributed by atoms with Crippen molar-refractivity contribution in [1.82, 2.24) is 20.2 Å². The Hall–Kier alpha value is -3.33. The first-order chi connectivity index (χ1) is 17.3. The van der Waals surface area contributed by atoms with Gasteiger partial charge in [0.15, 0.2) is 11.6 Å². The van der Waals surface area contributed by atoms with Gasteiger partial charge in [0.1, 0.15) is 0 Å². The Morgan fingerprint density at radius 1 is 1.36 bits per heavy atom. The fourth-order valence-electron chi connectivity index (χ4n) is 3.66. The van der Waals surface area contributed by atoms with Crippen LogP contribution in [0, 0.1) is 5.92 Å². The summed E-state index contributed by atoms with van der Waals surface area (Å²) in [7, 11) is 1.54. The molecule has 0 spiro atoms. The highest BCUT2D eigenvalue weighted by atomic mass is 32.2. The number of hydrogen-bond acceptors (Lipinski definition) is 7. The molecule has 1 aliphatic carbocycles. The monoisotopic (exact) mass is 510 g/mol. The van der Waals surface area contributed by atoms with Crippen molar-refractivity contribution in [1.29, 1.82) is 0 Å². The number of pyridine rings is 1. The molecule has 0 fully saturated rings. The van der Waals surface area contributed by atoms with Gasteiger partial charge >= 0.3 is 0 Å². The lowest BCUT2D eigenvalue weighted by molar-refractivity contribution is -0.118. The fourth-order valence-corrected chi connectivity index (χ4v) is 4.88. The molecule has 194 valence electrons. The highest BCUT2D eigenvalue weighted by molar-refractivity contribution is 8.07. The summed E-state index contributed by atoms with van der Waals surface area (Å²) >= 11 is 1.66. The zero-order chi connectivity index (χ0) is 26.7. The maximum Gasteiger partial charge on any atom is 0.230 e. The predicted octanol–water partition coefficient (Wildman–Crippen LogP) is 5.88. The van der Waals surface area contributed by atoms with Crippen molar-refractivity contribution in [3.63, 3.8) is 0 Å². The van der Waals surface area contributed by atoms with Gasteiger partial charge in [-0.1, -0.05) is 50.3 Å². The van der Waals surface area contributed by atoms with Crippen LogP contribution in [0.15, 0.2) is 62.6 Å². The molecule has 1 unspecified atom stereocenters. The van der Waals surface area contributed by atoms with Crippen LogP contribution in [0.25, 0.3) is 0 Å². The molecule has 36 heavy (non-hydrogen) atoms. The summed E-state index contributed by atoms with van der Waals surface area (Å²) in [5.41, 5.74) is 11.1. The molecule has 9 heteroatoms. The number of allylic oxidation sites excluding steroid dienone is 4. The van der Waals surface area contributed by atoms with E-state index >= 15 is 0 Å². The number of H-pyrrole nitrogens is 1. The van der Waals surface area contributed by atoms with Gasteiger partial charge in [-0.05, 0) is 55.7 Å². The number of ether oxygens (including phenoxy) is 1. The van der Waals surface area contributed by atoms with Gasteiger partial charge in [-0.2, -0.15) is 10.2 Å². The van der Waals surface area contributed by atoms with Gasteiger partial charge in [0, 0.05) is 28.8 Å². The smallest absolute Gasteiger partial charge is 0.230 e. The maximum atomic E-state index is 11.8. The number of thioether (sulfide) groups is 1. The number of nitrogens with two attached hydrogens (primary N) is 1. The molecule has 0 aromatic carbocycles. The van der Waals surface area contributed by atoms with Crippen molar-refractivity contribution < 1.29 is 9.53 Å². The average molecular weight is 511 g/mol. The molecule has 0 saturated heterocycles. The molecule has 1 amide bonds. The Bertz CT molecular complexity index is 1120. The third-order valence-electron chi connectivity index (χ3n) is 5.89. The van der Waals surface area contributed by atoms with E-state index in [4.69, 9.17) is 10.5 Å². The highest BCUT2D eigenvalue weighted by Crippen LogP contribution is 2.41. The standard InChI is InChI=1S/C25H32N6O2S.C2H6/c1-16-6-7-17(2)22(24(19(16)4)34-18(3)12-20-10-11-27-30-20)13-28-31(15-32)14-21-8-9-23(33-5)25(26)29-21;1-2/h8-11,13,15-16H,3,6-7,12,14H2,1-2,4-5H3,(H2,26,29)(H,27,30);1-2H3/b28-13-;. The molecule has 0 aliphatic heterocycles. The molecule has 3 N–H and O–H groups in total. The second kappa shape index (κ2) is 14.3. The number of anilines is 1. The van der Waals surface area contributed by atoms with E-state index in [1.54, 1.807) is 36.3 Å². The largest absolute Gasteiger partial charge is 0.493 e. The summed E-state index contributed by atoms with van der Waals surface area (Å²) in [6, 6.07) is 5.45. The number of carbonyl (C=O) groups is 1. The van der Waals surface area contributed by atoms with Crippen LogP contribution in [0.5, 0.6) is 5.75 Å². The minimum absolute atomic E-state index is 0.203. The number of aromatic amines is 1. The zero-order valence-electron chi connectivity index (χ0n) is 22.2. The number of aromatic nitrogens is 3. The van der Waals surface area contributed by atoms with Crippen LogP contribution in [0.2, 0.25) is 0 Å². The first-order valence-corrected chi connectivity index (χ1v) is 12.9. The molecule has 3 rings (SSSR count). The van der Waals surface area contributed by atoms with Crippen LogP contribution in [0.3, 0.4) is 0 Å². The zero-order valence-corrected chi connectivity index (χ0v) is 23.0. The molecule has 2 aromatic rings. The van der Waals surface area contributed by atoms with E-state index < -0.39 is 0 Å². The normalized spacial score (nSPS) is 15.9. The van der Waals surface area contributed by atoms with Crippen molar-refractivity contribution in [3.8, 4) is 5.75 Å². The maximum absolute atomic E-state index is 11.8. The van der Waals surface area contributed by atoms with Crippen LogP contribution in [-0.2, 0) is 17.8 Å². The van der Waals surface area contributed by atoms with E-state index in [0.717, 1.165) is 33.9 Å². The molecule has 8 nitrogen and oxygen atoms in total. The quantitative estimate of drug-likeness (QED) is 0.235. The Labute approximate surface area is 218 Å². The fraction of sp³-hybridized carbons (Fsp3) is 0.407. The summed E-state index contributed by atoms with van der Waals surface area (Å²) in [5, 5.41) is 12.8. The molecule has 0 radical (unpaired) electrons. The summed E-state index contributed by atoms with van der Waals surface area (Å²) in [4.78, 5) is 18.2. The van der Waals surface area contributed by atoms with Crippen molar-refractivity contribution in [2.45, 2.75) is 60.4 Å². The Kier molecular flexibility index (Phi) is 11.5. The van der Waals surface area contributed by atoms with Gasteiger partial charge in [0.25, 0.3) is 0 Å². The predicted molar refractivity (Wildman–Crippen MR) is 149 cm³/mol. The number of nitrogen functional groups attached to an aromatic ring is 1. The molecule has 0 saturated carbocycles. The molecule has 1 atom stereocenters. The van der Waals surface area contributed by atoms with Gasteiger partial charge in [0.05, 0.1) is 25.6 Å². The molecular weight excluding hydrogens is 472 g/mol. The second-order valence-corrected chi connectivity index (χ2v) is 9.57. The number of hydrazone groups is 1. The third kappa shape index (κ3) is 7.84. The Balaban J connectivity index is 0.00000222. The summed E-state index contributed by atoms with van der Waals surface area (Å²) in [6.45, 7) is 15.0. The Morgan fingerprint density at radius 2 is 2.11 bits per heavy atom. The van der Waals surface area contributed by atoms with E-state index in [2.05, 4.69) is 47.6 Å². The molecule has 2 heterocycles. The number of amides is 1. The van der Waals surface area contributed by atoms with Gasteiger partial charge in [-0.15, -0.1) is 0 Å². The van der Waals surface area contributed by atoms with Crippen LogP contribution in [0.4, 0.5) is 5.82 Å². The lowest BCUT2D eigenvalue weighted by Gasteiger charge is -2.17. The van der Waals surface area contributed by atoms with E-state index in [9.17, 15) is 4.79 Å². The first-order valence-electron chi connectivity index (χ1n) is 12.1. The van der Waals surface area contributed by atoms with Crippen LogP contribution < -0.4 is 10.5 Å². The van der Waals surface area contributed by atoms with E-state index in [-0.39, 0.29) is 12.4 Å². The number of methoxy groups -OCH3 is 1. The molecule has 1 aliphatic rings. The summed E-state index contributed by atoms with van der Waals surface area (Å²) in [6.07, 6.45) is 6.95. The molecule has 0 bridgehead atoms. The van der Waals surface area contributed by atoms with Gasteiger partial charge < -0.3 is 10.5 Å². The number of hydrogen-bond donors (Lipinski definition) is 2. The SMILES string of the molecule is C=C(Cc1ccn[nH]1)SC1=C(C)C(C)CCC(C)=C1/C=N\N(C=O)Cc1ccc(OC)c(N)n1.CC. The van der Waals surface area contributed by atoms with Crippen molar-refractivity contribution in [2.75, 3.05) is 12.8 Å². The van der Waals surface area contributed by atoms with E-state index in [1.807, 2.05) is 19.9 Å². The lowest BCUT2D eigenvalue weighted by Crippen LogP contribution is -2.16. The molecular formula is C27H38N6O2S. The number of rotatable bonds is 10. The van der Waals surface area contributed by atoms with Crippen molar-refractivity contribution in [2.24, 2.45) is 11.0 Å². The van der Waals surface area contributed by atoms with Crippen molar-refractivity contribution in [3.05, 3.63) is 68.9 Å². The number of nitrogens with zero attached hydrogens (tertiary/aromatic N) is 4. The van der Waals surface area contributed by atoms with Gasteiger partial charge in [0.2, 0.25) is 6.41 Å². The third-order valence-corrected chi connectivity index (χ3v) is 7.07. The highest BCUT2D eigenvalue weighted by Gasteiger charge is 2.21. The van der Waals surface area contributed by atoms with Crippen LogP contribution in [0.1, 0.15) is 58.8 Å². The van der Waals surface area contributed by atoms with Gasteiger partial charge in [-0.25, -0.2) is 9.99 Å². The van der Waals surface area contributed by atoms with Crippen LogP contribution >= 0.6 is 11.8 Å². The average Bonchev–Trinajstić information content (AvgIpc) is 3.36. The summed E-state index contributed by atoms with van der Waals surface area (Å²) < 4.78 is 5.15. The van der Waals surface area contributed by atoms with Crippen molar-refractivity contribution >= 4 is 30.2 Å². The minimum Gasteiger partial charge on any atom is -0.493 e. The van der Waals surface area contributed by atoms with Crippen LogP contribution in [-0.4, -0.2) is 39.9 Å². The lowest BCUT2D eigenvalue weighted by atomic mass is 9.98. The number of nitrogens with one attached hydrogen (secondary N) is 1. The van der Waals surface area contributed by atoms with E-state index in [1.165, 1.54) is 23.3 Å². The topological polar surface area (TPSA) is 109 Å².